The largest absolute Gasteiger partial charge is 0.497 e. The fourth-order valence-electron chi connectivity index (χ4n) is 1.19. The molecule has 18 heavy (non-hydrogen) atoms. The van der Waals surface area contributed by atoms with E-state index in [0.717, 1.165) is 12.1 Å². The Morgan fingerprint density at radius 1 is 1.39 bits per heavy atom. The summed E-state index contributed by atoms with van der Waals surface area (Å²) < 4.78 is 42.4. The van der Waals surface area contributed by atoms with Gasteiger partial charge in [0.25, 0.3) is 0 Å². The predicted octanol–water partition coefficient (Wildman–Crippen LogP) is 1.94. The number of amides is 1. The van der Waals surface area contributed by atoms with Gasteiger partial charge in [-0.1, -0.05) is 11.8 Å². The van der Waals surface area contributed by atoms with Gasteiger partial charge in [-0.05, 0) is 18.2 Å². The minimum atomic E-state index is -4.48. The highest BCUT2D eigenvalue weighted by Gasteiger charge is 2.31. The zero-order valence-electron chi connectivity index (χ0n) is 9.47. The summed E-state index contributed by atoms with van der Waals surface area (Å²) in [5, 5.41) is 0. The van der Waals surface area contributed by atoms with E-state index in [9.17, 15) is 18.0 Å². The van der Waals surface area contributed by atoms with Gasteiger partial charge in [0.1, 0.15) is 5.75 Å². The molecule has 0 unspecified atom stereocenters. The third kappa shape index (κ3) is 4.01. The van der Waals surface area contributed by atoms with Crippen molar-refractivity contribution in [1.82, 2.24) is 0 Å². The lowest BCUT2D eigenvalue weighted by Crippen LogP contribution is -2.08. The molecular weight excluding hydrogens is 247 g/mol. The highest BCUT2D eigenvalue weighted by atomic mass is 19.4. The number of alkyl halides is 3. The summed E-state index contributed by atoms with van der Waals surface area (Å²) in [6.45, 7) is 0. The monoisotopic (exact) mass is 257 g/mol. The van der Waals surface area contributed by atoms with Gasteiger partial charge >= 0.3 is 6.18 Å². The molecule has 96 valence electrons. The quantitative estimate of drug-likeness (QED) is 0.823. The molecule has 2 N–H and O–H groups in total. The van der Waals surface area contributed by atoms with E-state index >= 15 is 0 Å². The topological polar surface area (TPSA) is 52.3 Å². The van der Waals surface area contributed by atoms with Crippen LogP contribution in [0.1, 0.15) is 17.5 Å². The summed E-state index contributed by atoms with van der Waals surface area (Å²) in [5.41, 5.74) is 4.12. The fourth-order valence-corrected chi connectivity index (χ4v) is 1.19. The first-order valence-corrected chi connectivity index (χ1v) is 4.86. The zero-order valence-corrected chi connectivity index (χ0v) is 9.47. The molecule has 0 heterocycles. The first kappa shape index (κ1) is 13.9. The molecule has 0 aliphatic carbocycles. The number of nitrogens with two attached hydrogens (primary N) is 1. The summed E-state index contributed by atoms with van der Waals surface area (Å²) in [6.07, 6.45) is -4.69. The number of methoxy groups -OCH3 is 1. The van der Waals surface area contributed by atoms with Crippen molar-refractivity contribution in [3.05, 3.63) is 29.3 Å². The Morgan fingerprint density at radius 2 is 2.06 bits per heavy atom. The van der Waals surface area contributed by atoms with E-state index in [1.165, 1.54) is 13.2 Å². The molecule has 0 aromatic heterocycles. The van der Waals surface area contributed by atoms with Crippen LogP contribution in [0.15, 0.2) is 18.2 Å². The Morgan fingerprint density at radius 3 is 2.56 bits per heavy atom. The maximum atomic E-state index is 12.6. The van der Waals surface area contributed by atoms with Crippen LogP contribution in [0.25, 0.3) is 0 Å². The minimum Gasteiger partial charge on any atom is -0.497 e. The predicted molar refractivity (Wildman–Crippen MR) is 58.7 cm³/mol. The summed E-state index contributed by atoms with van der Waals surface area (Å²) in [4.78, 5) is 10.5. The van der Waals surface area contributed by atoms with E-state index in [2.05, 4.69) is 11.8 Å². The van der Waals surface area contributed by atoms with Crippen molar-refractivity contribution in [2.24, 2.45) is 5.73 Å². The van der Waals surface area contributed by atoms with E-state index in [4.69, 9.17) is 10.5 Å². The van der Waals surface area contributed by atoms with Crippen LogP contribution in [0.3, 0.4) is 0 Å². The van der Waals surface area contributed by atoms with Gasteiger partial charge in [0, 0.05) is 5.56 Å². The second-order valence-electron chi connectivity index (χ2n) is 3.39. The van der Waals surface area contributed by atoms with Crippen molar-refractivity contribution >= 4 is 5.91 Å². The van der Waals surface area contributed by atoms with Gasteiger partial charge in [-0.2, -0.15) is 13.2 Å². The Bertz CT molecular complexity index is 512. The molecule has 0 fully saturated rings. The van der Waals surface area contributed by atoms with Crippen molar-refractivity contribution < 1.29 is 22.7 Å². The van der Waals surface area contributed by atoms with Crippen LogP contribution < -0.4 is 10.5 Å². The van der Waals surface area contributed by atoms with Gasteiger partial charge in [-0.15, -0.1) is 0 Å². The average molecular weight is 257 g/mol. The van der Waals surface area contributed by atoms with Gasteiger partial charge in [0.05, 0.1) is 19.1 Å². The van der Waals surface area contributed by atoms with Gasteiger partial charge in [0.2, 0.25) is 5.91 Å². The molecule has 1 rings (SSSR count). The fraction of sp³-hybridized carbons (Fsp3) is 0.250. The van der Waals surface area contributed by atoms with E-state index in [0.29, 0.717) is 0 Å². The second-order valence-corrected chi connectivity index (χ2v) is 3.39. The molecular formula is C12H10F3NO2. The average Bonchev–Trinajstić information content (AvgIpc) is 2.27. The first-order chi connectivity index (χ1) is 8.32. The Balaban J connectivity index is 3.11. The normalized spacial score (nSPS) is 10.4. The van der Waals surface area contributed by atoms with Crippen LogP contribution in [0.4, 0.5) is 13.2 Å². The molecule has 0 atom stereocenters. The van der Waals surface area contributed by atoms with Crippen LogP contribution in [0, 0.1) is 11.8 Å². The highest BCUT2D eigenvalue weighted by molar-refractivity contribution is 5.76. The van der Waals surface area contributed by atoms with Crippen molar-refractivity contribution in [2.45, 2.75) is 12.6 Å². The Labute approximate surface area is 102 Å². The molecule has 0 saturated carbocycles. The molecule has 0 saturated heterocycles. The maximum absolute atomic E-state index is 12.6. The summed E-state index contributed by atoms with van der Waals surface area (Å²) in [7, 11) is 1.26. The summed E-state index contributed by atoms with van der Waals surface area (Å²) in [6, 6.07) is 3.11. The lowest BCUT2D eigenvalue weighted by molar-refractivity contribution is -0.137. The van der Waals surface area contributed by atoms with E-state index in [-0.39, 0.29) is 17.7 Å². The molecule has 0 aliphatic rings. The molecule has 1 amide bonds. The third-order valence-corrected chi connectivity index (χ3v) is 1.96. The van der Waals surface area contributed by atoms with Crippen molar-refractivity contribution in [2.75, 3.05) is 7.11 Å². The molecule has 3 nitrogen and oxygen atoms in total. The first-order valence-electron chi connectivity index (χ1n) is 4.86. The van der Waals surface area contributed by atoms with Crippen molar-refractivity contribution in [1.29, 1.82) is 0 Å². The molecule has 0 aliphatic heterocycles. The standard InChI is InChI=1S/C12H10F3NO2/c1-18-10-6-8(3-2-4-11(16)17)5-9(7-10)12(13,14)15/h5-7H,4H2,1H3,(H2,16,17). The van der Waals surface area contributed by atoms with Crippen LogP contribution in [0.2, 0.25) is 0 Å². The van der Waals surface area contributed by atoms with E-state index < -0.39 is 17.6 Å². The number of halogens is 3. The molecule has 6 heteroatoms. The highest BCUT2D eigenvalue weighted by Crippen LogP contribution is 2.32. The lowest BCUT2D eigenvalue weighted by Gasteiger charge is -2.09. The molecule has 0 spiro atoms. The minimum absolute atomic E-state index is 0.0493. The van der Waals surface area contributed by atoms with E-state index in [1.807, 2.05) is 0 Å². The van der Waals surface area contributed by atoms with Gasteiger partial charge in [0.15, 0.2) is 0 Å². The Hall–Kier alpha value is -2.16. The third-order valence-electron chi connectivity index (χ3n) is 1.96. The van der Waals surface area contributed by atoms with Crippen LogP contribution in [0.5, 0.6) is 5.75 Å². The van der Waals surface area contributed by atoms with Crippen LogP contribution in [-0.2, 0) is 11.0 Å². The Kier molecular flexibility index (Phi) is 4.21. The van der Waals surface area contributed by atoms with Gasteiger partial charge in [-0.25, -0.2) is 0 Å². The van der Waals surface area contributed by atoms with Gasteiger partial charge in [-0.3, -0.25) is 4.79 Å². The molecule has 1 aromatic carbocycles. The number of hydrogen-bond donors (Lipinski definition) is 1. The number of carbonyl (C=O) groups is 1. The summed E-state index contributed by atoms with van der Waals surface area (Å²) in [5.74, 6) is 4.23. The van der Waals surface area contributed by atoms with Crippen LogP contribution in [-0.4, -0.2) is 13.0 Å². The zero-order chi connectivity index (χ0) is 13.8. The smallest absolute Gasteiger partial charge is 0.416 e. The van der Waals surface area contributed by atoms with Crippen LogP contribution >= 0.6 is 0 Å². The number of primary amides is 1. The SMILES string of the molecule is COc1cc(C#CCC(N)=O)cc(C(F)(F)F)c1. The number of carbonyl (C=O) groups excluding carboxylic acids is 1. The van der Waals surface area contributed by atoms with E-state index in [1.54, 1.807) is 0 Å². The lowest BCUT2D eigenvalue weighted by atomic mass is 10.1. The van der Waals surface area contributed by atoms with Crippen molar-refractivity contribution in [3.8, 4) is 17.6 Å². The molecule has 0 bridgehead atoms. The van der Waals surface area contributed by atoms with Crippen molar-refractivity contribution in [3.63, 3.8) is 0 Å². The number of rotatable bonds is 2. The number of benzene rings is 1. The maximum Gasteiger partial charge on any atom is 0.416 e. The summed E-state index contributed by atoms with van der Waals surface area (Å²) >= 11 is 0. The van der Waals surface area contributed by atoms with Gasteiger partial charge < -0.3 is 10.5 Å². The molecule has 1 aromatic rings. The number of hydrogen-bond acceptors (Lipinski definition) is 2. The second kappa shape index (κ2) is 5.45. The number of ether oxygens (including phenoxy) is 1. The molecule has 0 radical (unpaired) electrons.